The predicted octanol–water partition coefficient (Wildman–Crippen LogP) is 0.875. The summed E-state index contributed by atoms with van der Waals surface area (Å²) in [5.74, 6) is -1.26. The molecule has 0 radical (unpaired) electrons. The number of rotatable bonds is 1. The van der Waals surface area contributed by atoms with Gasteiger partial charge in [-0.3, -0.25) is 0 Å². The summed E-state index contributed by atoms with van der Waals surface area (Å²) >= 11 is 0. The van der Waals surface area contributed by atoms with Crippen LogP contribution in [0.5, 0.6) is 0 Å². The van der Waals surface area contributed by atoms with Crippen LogP contribution < -0.4 is 4.73 Å². The third-order valence-electron chi connectivity index (χ3n) is 2.14. The van der Waals surface area contributed by atoms with E-state index in [1.165, 1.54) is 6.92 Å². The molecule has 5 nitrogen and oxygen atoms in total. The Morgan fingerprint density at radius 1 is 1.47 bits per heavy atom. The first-order chi connectivity index (χ1) is 7.11. The van der Waals surface area contributed by atoms with Gasteiger partial charge in [0, 0.05) is 6.07 Å². The standard InChI is InChI=1S/C10H8N2O3/c1-6-9(10(13)14)12(15)8-5-3-2-4-7(8)11-6/h2-5H,1H3,(H,13,14). The lowest BCUT2D eigenvalue weighted by Gasteiger charge is -2.05. The first kappa shape index (κ1) is 9.39. The molecular formula is C10H8N2O3. The van der Waals surface area contributed by atoms with E-state index in [9.17, 15) is 10.0 Å². The van der Waals surface area contributed by atoms with Crippen LogP contribution in [0.4, 0.5) is 0 Å². The highest BCUT2D eigenvalue weighted by Crippen LogP contribution is 2.09. The van der Waals surface area contributed by atoms with Gasteiger partial charge in [-0.15, -0.1) is 0 Å². The summed E-state index contributed by atoms with van der Waals surface area (Å²) in [6.45, 7) is 1.50. The van der Waals surface area contributed by atoms with Crippen LogP contribution in [-0.2, 0) is 0 Å². The zero-order valence-electron chi connectivity index (χ0n) is 7.97. The molecule has 1 aromatic carbocycles. The summed E-state index contributed by atoms with van der Waals surface area (Å²) in [4.78, 5) is 14.9. The lowest BCUT2D eigenvalue weighted by atomic mass is 10.2. The highest BCUT2D eigenvalue weighted by atomic mass is 16.5. The van der Waals surface area contributed by atoms with Gasteiger partial charge in [0.15, 0.2) is 0 Å². The number of aromatic carboxylic acids is 1. The fraction of sp³-hybridized carbons (Fsp3) is 0.100. The van der Waals surface area contributed by atoms with Crippen molar-refractivity contribution in [3.8, 4) is 0 Å². The maximum atomic E-state index is 11.7. The summed E-state index contributed by atoms with van der Waals surface area (Å²) in [5, 5.41) is 20.5. The van der Waals surface area contributed by atoms with Crippen molar-refractivity contribution in [3.63, 3.8) is 0 Å². The third-order valence-corrected chi connectivity index (χ3v) is 2.14. The SMILES string of the molecule is Cc1nc2ccccc2[n+]([O-])c1C(=O)O. The molecule has 0 atom stereocenters. The van der Waals surface area contributed by atoms with Gasteiger partial charge in [0.25, 0.3) is 0 Å². The van der Waals surface area contributed by atoms with Crippen molar-refractivity contribution >= 4 is 17.0 Å². The molecule has 15 heavy (non-hydrogen) atoms. The van der Waals surface area contributed by atoms with Gasteiger partial charge in [-0.2, -0.15) is 4.73 Å². The fourth-order valence-corrected chi connectivity index (χ4v) is 1.47. The van der Waals surface area contributed by atoms with Crippen molar-refractivity contribution in [2.45, 2.75) is 6.92 Å². The summed E-state index contributed by atoms with van der Waals surface area (Å²) in [5.41, 5.74) is 0.653. The van der Waals surface area contributed by atoms with Crippen molar-refractivity contribution in [1.29, 1.82) is 0 Å². The van der Waals surface area contributed by atoms with Crippen molar-refractivity contribution in [3.05, 3.63) is 40.9 Å². The number of carbonyl (C=O) groups is 1. The Morgan fingerprint density at radius 2 is 2.13 bits per heavy atom. The average molecular weight is 204 g/mol. The Kier molecular flexibility index (Phi) is 2.00. The molecule has 0 spiro atoms. The van der Waals surface area contributed by atoms with E-state index in [1.54, 1.807) is 24.3 Å². The molecule has 0 saturated carbocycles. The number of aryl methyl sites for hydroxylation is 1. The van der Waals surface area contributed by atoms with Crippen molar-refractivity contribution in [2.75, 3.05) is 0 Å². The number of fused-ring (bicyclic) bond motifs is 1. The number of para-hydroxylation sites is 2. The Balaban J connectivity index is 2.90. The van der Waals surface area contributed by atoms with E-state index in [4.69, 9.17) is 5.11 Å². The molecule has 0 aliphatic carbocycles. The molecule has 0 unspecified atom stereocenters. The zero-order valence-corrected chi connectivity index (χ0v) is 7.97. The van der Waals surface area contributed by atoms with Gasteiger partial charge < -0.3 is 10.3 Å². The van der Waals surface area contributed by atoms with Crippen LogP contribution in [-0.4, -0.2) is 16.1 Å². The number of benzene rings is 1. The largest absolute Gasteiger partial charge is 0.618 e. The minimum atomic E-state index is -1.26. The number of aromatic nitrogens is 2. The molecule has 0 bridgehead atoms. The Morgan fingerprint density at radius 3 is 2.80 bits per heavy atom. The molecule has 0 saturated heterocycles. The molecule has 0 fully saturated rings. The number of hydrogen-bond acceptors (Lipinski definition) is 3. The van der Waals surface area contributed by atoms with E-state index < -0.39 is 5.97 Å². The lowest BCUT2D eigenvalue weighted by Crippen LogP contribution is -2.37. The molecule has 0 amide bonds. The van der Waals surface area contributed by atoms with Crippen LogP contribution in [0.15, 0.2) is 24.3 Å². The van der Waals surface area contributed by atoms with Crippen LogP contribution in [0, 0.1) is 12.1 Å². The topological polar surface area (TPSA) is 77.1 Å². The van der Waals surface area contributed by atoms with Crippen LogP contribution in [0.2, 0.25) is 0 Å². The van der Waals surface area contributed by atoms with Crippen molar-refractivity contribution in [2.24, 2.45) is 0 Å². The molecule has 5 heteroatoms. The molecular weight excluding hydrogens is 196 g/mol. The highest BCUT2D eigenvalue weighted by molar-refractivity contribution is 5.86. The second-order valence-corrected chi connectivity index (χ2v) is 3.13. The van der Waals surface area contributed by atoms with E-state index >= 15 is 0 Å². The summed E-state index contributed by atoms with van der Waals surface area (Å²) in [7, 11) is 0. The maximum Gasteiger partial charge on any atom is 0.404 e. The number of nitrogens with zero attached hydrogens (tertiary/aromatic N) is 2. The summed E-state index contributed by atoms with van der Waals surface area (Å²) in [6, 6.07) is 6.62. The van der Waals surface area contributed by atoms with Crippen LogP contribution in [0.25, 0.3) is 11.0 Å². The molecule has 76 valence electrons. The minimum Gasteiger partial charge on any atom is -0.618 e. The highest BCUT2D eigenvalue weighted by Gasteiger charge is 2.22. The second-order valence-electron chi connectivity index (χ2n) is 3.13. The number of carboxylic acid groups (broad SMARTS) is 1. The van der Waals surface area contributed by atoms with Gasteiger partial charge in [0.1, 0.15) is 11.2 Å². The van der Waals surface area contributed by atoms with Gasteiger partial charge in [0.05, 0.1) is 0 Å². The molecule has 1 heterocycles. The van der Waals surface area contributed by atoms with E-state index in [0.29, 0.717) is 10.2 Å². The molecule has 1 N–H and O–H groups in total. The monoisotopic (exact) mass is 204 g/mol. The quantitative estimate of drug-likeness (QED) is 0.552. The molecule has 0 aliphatic heterocycles. The molecule has 2 rings (SSSR count). The first-order valence-corrected chi connectivity index (χ1v) is 4.33. The van der Waals surface area contributed by atoms with E-state index in [-0.39, 0.29) is 16.9 Å². The smallest absolute Gasteiger partial charge is 0.404 e. The first-order valence-electron chi connectivity index (χ1n) is 4.33. The summed E-state index contributed by atoms with van der Waals surface area (Å²) in [6.07, 6.45) is 0. The summed E-state index contributed by atoms with van der Waals surface area (Å²) < 4.78 is 0.403. The number of hydrogen-bond donors (Lipinski definition) is 1. The Bertz CT molecular complexity index is 552. The minimum absolute atomic E-state index is 0.219. The third kappa shape index (κ3) is 1.38. The van der Waals surface area contributed by atoms with Gasteiger partial charge in [0.2, 0.25) is 5.52 Å². The normalized spacial score (nSPS) is 10.5. The van der Waals surface area contributed by atoms with Gasteiger partial charge >= 0.3 is 11.7 Å². The predicted molar refractivity (Wildman–Crippen MR) is 52.4 cm³/mol. The Hall–Kier alpha value is -2.17. The molecule has 1 aromatic heterocycles. The van der Waals surface area contributed by atoms with Crippen LogP contribution in [0.3, 0.4) is 0 Å². The van der Waals surface area contributed by atoms with Gasteiger partial charge in [-0.25, -0.2) is 9.78 Å². The van der Waals surface area contributed by atoms with E-state index in [2.05, 4.69) is 4.98 Å². The molecule has 2 aromatic rings. The van der Waals surface area contributed by atoms with Gasteiger partial charge in [-0.1, -0.05) is 12.1 Å². The zero-order chi connectivity index (χ0) is 11.0. The van der Waals surface area contributed by atoms with Crippen LogP contribution in [0.1, 0.15) is 16.2 Å². The van der Waals surface area contributed by atoms with E-state index in [1.807, 2.05) is 0 Å². The van der Waals surface area contributed by atoms with E-state index in [0.717, 1.165) is 0 Å². The number of carboxylic acids is 1. The fourth-order valence-electron chi connectivity index (χ4n) is 1.47. The van der Waals surface area contributed by atoms with Crippen LogP contribution >= 0.6 is 0 Å². The average Bonchev–Trinajstić information content (AvgIpc) is 2.17. The Labute approximate surface area is 85.2 Å². The maximum absolute atomic E-state index is 11.7. The van der Waals surface area contributed by atoms with Crippen molar-refractivity contribution in [1.82, 2.24) is 4.98 Å². The lowest BCUT2D eigenvalue weighted by molar-refractivity contribution is -0.581. The van der Waals surface area contributed by atoms with Crippen molar-refractivity contribution < 1.29 is 14.6 Å². The molecule has 0 aliphatic rings. The second kappa shape index (κ2) is 3.20. The van der Waals surface area contributed by atoms with Gasteiger partial charge in [-0.05, 0) is 13.0 Å².